The Balaban J connectivity index is 1.08. The number of para-hydroxylation sites is 2. The van der Waals surface area contributed by atoms with Crippen molar-refractivity contribution in [2.75, 3.05) is 0 Å². The fourth-order valence-corrected chi connectivity index (χ4v) is 8.17. The lowest BCUT2D eigenvalue weighted by atomic mass is 10.0. The summed E-state index contributed by atoms with van der Waals surface area (Å²) in [5.41, 5.74) is 14.8. The maximum Gasteiger partial charge on any atom is 0.160 e. The van der Waals surface area contributed by atoms with Gasteiger partial charge < -0.3 is 9.13 Å². The van der Waals surface area contributed by atoms with Gasteiger partial charge in [0.15, 0.2) is 5.82 Å². The van der Waals surface area contributed by atoms with Gasteiger partial charge in [-0.2, -0.15) is 0 Å². The van der Waals surface area contributed by atoms with Crippen molar-refractivity contribution in [3.63, 3.8) is 0 Å². The second-order valence-electron chi connectivity index (χ2n) is 14.1. The van der Waals surface area contributed by atoms with Crippen LogP contribution in [-0.2, 0) is 0 Å². The van der Waals surface area contributed by atoms with Gasteiger partial charge in [0.05, 0.1) is 39.0 Å². The van der Waals surface area contributed by atoms with Gasteiger partial charge in [0.25, 0.3) is 0 Å². The summed E-state index contributed by atoms with van der Waals surface area (Å²) in [5, 5.41) is 3.55. The topological polar surface area (TPSA) is 48.5 Å². The number of benzene rings is 7. The predicted molar refractivity (Wildman–Crippen MR) is 230 cm³/mol. The molecule has 0 saturated carbocycles. The van der Waals surface area contributed by atoms with Crippen LogP contribution in [-0.4, -0.2) is 24.1 Å². The molecule has 0 amide bonds. The Hall–Kier alpha value is -7.63. The van der Waals surface area contributed by atoms with E-state index < -0.39 is 0 Å². The fourth-order valence-electron chi connectivity index (χ4n) is 8.17. The average molecular weight is 716 g/mol. The van der Waals surface area contributed by atoms with E-state index in [2.05, 4.69) is 161 Å². The number of aromatic nitrogens is 5. The zero-order valence-corrected chi connectivity index (χ0v) is 30.3. The Morgan fingerprint density at radius 2 is 0.911 bits per heavy atom. The summed E-state index contributed by atoms with van der Waals surface area (Å²) < 4.78 is 4.69. The summed E-state index contributed by atoms with van der Waals surface area (Å²) in [5.74, 6) is 0.702. The van der Waals surface area contributed by atoms with E-state index >= 15 is 0 Å². The molecule has 0 bridgehead atoms. The van der Waals surface area contributed by atoms with E-state index in [-0.39, 0.29) is 0 Å². The van der Waals surface area contributed by atoms with Crippen LogP contribution >= 0.6 is 0 Å². The van der Waals surface area contributed by atoms with Crippen LogP contribution in [0.4, 0.5) is 0 Å². The molecule has 5 heteroatoms. The normalized spacial score (nSPS) is 11.6. The van der Waals surface area contributed by atoms with Gasteiger partial charge in [0, 0.05) is 50.4 Å². The van der Waals surface area contributed by atoms with E-state index in [9.17, 15) is 0 Å². The summed E-state index contributed by atoms with van der Waals surface area (Å²) in [7, 11) is 0. The van der Waals surface area contributed by atoms with E-state index in [1.165, 1.54) is 10.8 Å². The van der Waals surface area contributed by atoms with E-state index in [0.717, 1.165) is 83.5 Å². The minimum atomic E-state index is 0.702. The smallest absolute Gasteiger partial charge is 0.160 e. The number of rotatable bonds is 6. The van der Waals surface area contributed by atoms with Gasteiger partial charge in [-0.25, -0.2) is 9.97 Å². The summed E-state index contributed by atoms with van der Waals surface area (Å²) in [4.78, 5) is 15.0. The first-order valence-corrected chi connectivity index (χ1v) is 18.9. The highest BCUT2D eigenvalue weighted by Crippen LogP contribution is 2.38. The molecule has 11 aromatic rings. The Morgan fingerprint density at radius 1 is 0.321 bits per heavy atom. The highest BCUT2D eigenvalue weighted by atomic mass is 15.0. The van der Waals surface area contributed by atoms with Gasteiger partial charge in [-0.1, -0.05) is 127 Å². The standard InChI is InChI=1S/C51H33N5/c1-4-14-34(15-5-1)44-33-45(54-51(53-44)35-16-6-2-7-17-35)38-18-12-21-40(30-38)56-46-23-11-10-22-41(46)42-27-25-37(32-49(42)56)36-26-28-47-43(31-36)50-48(24-13-29-52-50)55(47)39-19-8-3-9-20-39/h1-33H. The lowest BCUT2D eigenvalue weighted by molar-refractivity contribution is 1.16. The Kier molecular flexibility index (Phi) is 7.42. The number of nitrogens with zero attached hydrogens (tertiary/aromatic N) is 5. The number of fused-ring (bicyclic) bond motifs is 6. The molecule has 0 fully saturated rings. The minimum Gasteiger partial charge on any atom is -0.309 e. The molecule has 56 heavy (non-hydrogen) atoms. The largest absolute Gasteiger partial charge is 0.309 e. The number of pyridine rings is 1. The third-order valence-electron chi connectivity index (χ3n) is 10.8. The highest BCUT2D eigenvalue weighted by Gasteiger charge is 2.18. The first kappa shape index (κ1) is 31.9. The average Bonchev–Trinajstić information content (AvgIpc) is 3.79. The van der Waals surface area contributed by atoms with Crippen molar-refractivity contribution in [3.05, 3.63) is 200 Å². The Morgan fingerprint density at radius 3 is 1.73 bits per heavy atom. The maximum absolute atomic E-state index is 5.14. The van der Waals surface area contributed by atoms with Gasteiger partial charge in [0.1, 0.15) is 0 Å². The van der Waals surface area contributed by atoms with Crippen LogP contribution in [0.2, 0.25) is 0 Å². The zero-order valence-electron chi connectivity index (χ0n) is 30.3. The first-order valence-electron chi connectivity index (χ1n) is 18.9. The lowest BCUT2D eigenvalue weighted by Crippen LogP contribution is -1.98. The molecule has 0 radical (unpaired) electrons. The number of hydrogen-bond donors (Lipinski definition) is 0. The van der Waals surface area contributed by atoms with E-state index in [1.54, 1.807) is 0 Å². The maximum atomic E-state index is 5.14. The SMILES string of the molecule is c1ccc(-c2cc(-c3cccc(-n4c5ccccc5c5ccc(-c6ccc7c(c6)c6ncccc6n7-c6ccccc6)cc54)c3)nc(-c3ccccc3)n2)cc1. The van der Waals surface area contributed by atoms with Crippen molar-refractivity contribution in [2.45, 2.75) is 0 Å². The molecule has 0 unspecified atom stereocenters. The molecule has 0 saturated heterocycles. The Bertz CT molecular complexity index is 3180. The molecule has 0 spiro atoms. The van der Waals surface area contributed by atoms with Crippen molar-refractivity contribution in [1.82, 2.24) is 24.1 Å². The highest BCUT2D eigenvalue weighted by molar-refractivity contribution is 6.11. The monoisotopic (exact) mass is 715 g/mol. The summed E-state index contributed by atoms with van der Waals surface area (Å²) in [6.07, 6.45) is 1.88. The Labute approximate surface area is 323 Å². The van der Waals surface area contributed by atoms with Crippen LogP contribution in [0.1, 0.15) is 0 Å². The van der Waals surface area contributed by atoms with Crippen LogP contribution in [0.15, 0.2) is 200 Å². The molecular formula is C51H33N5. The quantitative estimate of drug-likeness (QED) is 0.172. The van der Waals surface area contributed by atoms with Gasteiger partial charge in [-0.3, -0.25) is 4.98 Å². The second kappa shape index (κ2) is 13.0. The van der Waals surface area contributed by atoms with E-state index in [4.69, 9.17) is 15.0 Å². The molecule has 4 heterocycles. The lowest BCUT2D eigenvalue weighted by Gasteiger charge is -2.13. The van der Waals surface area contributed by atoms with Gasteiger partial charge in [-0.15, -0.1) is 0 Å². The van der Waals surface area contributed by atoms with E-state index in [1.807, 2.05) is 48.7 Å². The van der Waals surface area contributed by atoms with E-state index in [0.29, 0.717) is 5.82 Å². The molecule has 7 aromatic carbocycles. The molecular weight excluding hydrogens is 683 g/mol. The summed E-state index contributed by atoms with van der Waals surface area (Å²) in [6.45, 7) is 0. The molecule has 4 aromatic heterocycles. The zero-order chi connectivity index (χ0) is 37.0. The van der Waals surface area contributed by atoms with Crippen LogP contribution in [0, 0.1) is 0 Å². The minimum absolute atomic E-state index is 0.702. The number of hydrogen-bond acceptors (Lipinski definition) is 3. The molecule has 11 rings (SSSR count). The molecule has 5 nitrogen and oxygen atoms in total. The first-order chi connectivity index (χ1) is 27.8. The molecule has 262 valence electrons. The third-order valence-corrected chi connectivity index (χ3v) is 10.8. The van der Waals surface area contributed by atoms with Crippen molar-refractivity contribution in [3.8, 4) is 56.4 Å². The third kappa shape index (κ3) is 5.29. The summed E-state index contributed by atoms with van der Waals surface area (Å²) in [6, 6.07) is 68.3. The van der Waals surface area contributed by atoms with Gasteiger partial charge >= 0.3 is 0 Å². The van der Waals surface area contributed by atoms with Crippen LogP contribution in [0.3, 0.4) is 0 Å². The van der Waals surface area contributed by atoms with Crippen molar-refractivity contribution in [2.24, 2.45) is 0 Å². The molecule has 0 atom stereocenters. The van der Waals surface area contributed by atoms with Crippen molar-refractivity contribution in [1.29, 1.82) is 0 Å². The molecule has 0 aliphatic carbocycles. The van der Waals surface area contributed by atoms with Crippen molar-refractivity contribution < 1.29 is 0 Å². The van der Waals surface area contributed by atoms with Gasteiger partial charge in [0.2, 0.25) is 0 Å². The fraction of sp³-hybridized carbons (Fsp3) is 0. The van der Waals surface area contributed by atoms with Crippen LogP contribution < -0.4 is 0 Å². The van der Waals surface area contributed by atoms with Crippen molar-refractivity contribution >= 4 is 43.7 Å². The predicted octanol–water partition coefficient (Wildman–Crippen LogP) is 12.7. The van der Waals surface area contributed by atoms with Crippen LogP contribution in [0.25, 0.3) is 100 Å². The second-order valence-corrected chi connectivity index (χ2v) is 14.1. The molecule has 0 aliphatic rings. The van der Waals surface area contributed by atoms with Crippen LogP contribution in [0.5, 0.6) is 0 Å². The molecule has 0 aliphatic heterocycles. The van der Waals surface area contributed by atoms with Gasteiger partial charge in [-0.05, 0) is 77.9 Å². The summed E-state index contributed by atoms with van der Waals surface area (Å²) >= 11 is 0. The molecule has 0 N–H and O–H groups in total.